The van der Waals surface area contributed by atoms with Gasteiger partial charge in [-0.3, -0.25) is 4.99 Å². The van der Waals surface area contributed by atoms with Crippen molar-refractivity contribution in [3.8, 4) is 5.75 Å². The molecule has 3 aromatic rings. The third kappa shape index (κ3) is 3.52. The Hall–Kier alpha value is -3.33. The Bertz CT molecular complexity index is 1100. The van der Waals surface area contributed by atoms with Crippen LogP contribution < -0.4 is 10.1 Å². The summed E-state index contributed by atoms with van der Waals surface area (Å²) in [5, 5.41) is 3.81. The van der Waals surface area contributed by atoms with Gasteiger partial charge in [0.05, 0.1) is 18.8 Å². The first-order valence-corrected chi connectivity index (χ1v) is 10.5. The van der Waals surface area contributed by atoms with Gasteiger partial charge >= 0.3 is 0 Å². The highest BCUT2D eigenvalue weighted by molar-refractivity contribution is 5.82. The zero-order chi connectivity index (χ0) is 20.5. The van der Waals surface area contributed by atoms with E-state index in [1.165, 1.54) is 22.4 Å². The molecule has 3 unspecified atom stereocenters. The summed E-state index contributed by atoms with van der Waals surface area (Å²) in [5.74, 6) is 1.92. The minimum Gasteiger partial charge on any atom is -0.497 e. The van der Waals surface area contributed by atoms with Crippen molar-refractivity contribution in [3.05, 3.63) is 101 Å². The van der Waals surface area contributed by atoms with E-state index < -0.39 is 0 Å². The summed E-state index contributed by atoms with van der Waals surface area (Å²) in [6.45, 7) is 2.17. The summed E-state index contributed by atoms with van der Waals surface area (Å²) in [6.07, 6.45) is 7.75. The molecule has 0 saturated carbocycles. The Morgan fingerprint density at radius 3 is 2.57 bits per heavy atom. The van der Waals surface area contributed by atoms with E-state index in [1.807, 2.05) is 30.5 Å². The number of rotatable bonds is 4. The van der Waals surface area contributed by atoms with E-state index in [1.54, 1.807) is 7.11 Å². The van der Waals surface area contributed by atoms with Crippen LogP contribution in [0.25, 0.3) is 0 Å². The van der Waals surface area contributed by atoms with Crippen molar-refractivity contribution >= 4 is 17.6 Å². The Labute approximate surface area is 178 Å². The van der Waals surface area contributed by atoms with E-state index in [9.17, 15) is 0 Å². The lowest BCUT2D eigenvalue weighted by atomic mass is 9.76. The van der Waals surface area contributed by atoms with E-state index in [0.29, 0.717) is 17.9 Å². The molecular weight excluding hydrogens is 368 g/mol. The van der Waals surface area contributed by atoms with Gasteiger partial charge in [-0.05, 0) is 78.4 Å². The summed E-state index contributed by atoms with van der Waals surface area (Å²) < 4.78 is 5.21. The second kappa shape index (κ2) is 7.83. The van der Waals surface area contributed by atoms with Crippen molar-refractivity contribution < 1.29 is 4.74 Å². The number of aliphatic imine (C=N–C) groups is 1. The first-order valence-electron chi connectivity index (χ1n) is 10.5. The number of aryl methyl sites for hydroxylation is 1. The summed E-state index contributed by atoms with van der Waals surface area (Å²) in [7, 11) is 1.68. The fourth-order valence-electron chi connectivity index (χ4n) is 4.65. The average Bonchev–Trinajstić information content (AvgIpc) is 3.28. The van der Waals surface area contributed by atoms with Gasteiger partial charge in [0.15, 0.2) is 0 Å². The lowest BCUT2D eigenvalue weighted by Gasteiger charge is -2.37. The van der Waals surface area contributed by atoms with E-state index in [-0.39, 0.29) is 0 Å². The second-order valence-corrected chi connectivity index (χ2v) is 8.19. The van der Waals surface area contributed by atoms with Crippen LogP contribution in [0.1, 0.15) is 40.6 Å². The molecular formula is C27H26N2O. The van der Waals surface area contributed by atoms with Gasteiger partial charge in [0, 0.05) is 17.8 Å². The highest BCUT2D eigenvalue weighted by atomic mass is 16.5. The molecule has 2 aliphatic rings. The monoisotopic (exact) mass is 394 g/mol. The van der Waals surface area contributed by atoms with E-state index in [4.69, 9.17) is 4.74 Å². The first kappa shape index (κ1) is 18.7. The van der Waals surface area contributed by atoms with Crippen molar-refractivity contribution in [1.29, 1.82) is 0 Å². The van der Waals surface area contributed by atoms with Crippen LogP contribution >= 0.6 is 0 Å². The fraction of sp³-hybridized carbons (Fsp3) is 0.222. The summed E-state index contributed by atoms with van der Waals surface area (Å²) >= 11 is 0. The summed E-state index contributed by atoms with van der Waals surface area (Å²) in [6, 6.07) is 23.6. The number of nitrogens with one attached hydrogen (secondary N) is 1. The van der Waals surface area contributed by atoms with Crippen LogP contribution in [-0.4, -0.2) is 13.3 Å². The average molecular weight is 395 g/mol. The number of hydrogen-bond donors (Lipinski definition) is 1. The lowest BCUT2D eigenvalue weighted by molar-refractivity contribution is 0.415. The highest BCUT2D eigenvalue weighted by Gasteiger charge is 2.37. The molecule has 1 heterocycles. The quantitative estimate of drug-likeness (QED) is 0.400. The number of anilines is 1. The number of hydrogen-bond acceptors (Lipinski definition) is 3. The summed E-state index contributed by atoms with van der Waals surface area (Å²) in [5.41, 5.74) is 7.37. The maximum absolute atomic E-state index is 5.21. The molecule has 3 atom stereocenters. The molecule has 0 bridgehead atoms. The molecule has 0 aromatic heterocycles. The number of fused-ring (bicyclic) bond motifs is 3. The molecule has 0 spiro atoms. The summed E-state index contributed by atoms with van der Waals surface area (Å²) in [4.78, 5) is 4.63. The van der Waals surface area contributed by atoms with Gasteiger partial charge in [-0.25, -0.2) is 0 Å². The molecule has 0 amide bonds. The van der Waals surface area contributed by atoms with Crippen LogP contribution in [0.5, 0.6) is 5.75 Å². The normalized spacial score (nSPS) is 21.9. The van der Waals surface area contributed by atoms with Gasteiger partial charge < -0.3 is 10.1 Å². The molecule has 1 N–H and O–H groups in total. The molecule has 3 heteroatoms. The predicted molar refractivity (Wildman–Crippen MR) is 124 cm³/mol. The van der Waals surface area contributed by atoms with Crippen LogP contribution in [0.2, 0.25) is 0 Å². The minimum atomic E-state index is 0.319. The highest BCUT2D eigenvalue weighted by Crippen LogP contribution is 2.50. The van der Waals surface area contributed by atoms with Crippen molar-refractivity contribution in [2.75, 3.05) is 12.4 Å². The molecule has 5 rings (SSSR count). The number of nitrogens with zero attached hydrogens (tertiary/aromatic N) is 1. The minimum absolute atomic E-state index is 0.319. The SMILES string of the molecule is COc1ccc(C=Nc2ccc(C3Nc4ccc(C)cc4C4C=CCC43)cc2)cc1. The third-order valence-corrected chi connectivity index (χ3v) is 6.25. The molecule has 0 fully saturated rings. The Morgan fingerprint density at radius 1 is 1.00 bits per heavy atom. The standard InChI is InChI=1S/C27H26N2O/c1-18-6-15-26-25(16-18)23-4-3-5-24(23)27(29-26)20-9-11-21(12-10-20)28-17-19-7-13-22(30-2)14-8-19/h3-4,6-17,23-24,27,29H,5H2,1-2H3. The predicted octanol–water partition coefficient (Wildman–Crippen LogP) is 6.58. The van der Waals surface area contributed by atoms with Gasteiger partial charge in [0.2, 0.25) is 0 Å². The number of ether oxygens (including phenoxy) is 1. The Kier molecular flexibility index (Phi) is 4.88. The van der Waals surface area contributed by atoms with Crippen LogP contribution in [0.3, 0.4) is 0 Å². The molecule has 1 aliphatic heterocycles. The van der Waals surface area contributed by atoms with Gasteiger partial charge in [0.1, 0.15) is 5.75 Å². The first-order chi connectivity index (χ1) is 14.7. The fourth-order valence-corrected chi connectivity index (χ4v) is 4.65. The second-order valence-electron chi connectivity index (χ2n) is 8.19. The van der Waals surface area contributed by atoms with Crippen LogP contribution in [0.15, 0.2) is 83.9 Å². The number of allylic oxidation sites excluding steroid dienone is 2. The van der Waals surface area contributed by atoms with Gasteiger partial charge in [0.25, 0.3) is 0 Å². The van der Waals surface area contributed by atoms with E-state index in [0.717, 1.165) is 23.4 Å². The van der Waals surface area contributed by atoms with Crippen LogP contribution in [-0.2, 0) is 0 Å². The Morgan fingerprint density at radius 2 is 1.80 bits per heavy atom. The van der Waals surface area contributed by atoms with Crippen molar-refractivity contribution in [3.63, 3.8) is 0 Å². The smallest absolute Gasteiger partial charge is 0.118 e. The molecule has 0 radical (unpaired) electrons. The zero-order valence-electron chi connectivity index (χ0n) is 17.4. The van der Waals surface area contributed by atoms with Crippen molar-refractivity contribution in [1.82, 2.24) is 0 Å². The molecule has 30 heavy (non-hydrogen) atoms. The van der Waals surface area contributed by atoms with E-state index >= 15 is 0 Å². The Balaban J connectivity index is 1.36. The third-order valence-electron chi connectivity index (χ3n) is 6.25. The van der Waals surface area contributed by atoms with Gasteiger partial charge in [-0.1, -0.05) is 42.0 Å². The number of benzene rings is 3. The van der Waals surface area contributed by atoms with Gasteiger partial charge in [-0.15, -0.1) is 0 Å². The molecule has 150 valence electrons. The largest absolute Gasteiger partial charge is 0.497 e. The van der Waals surface area contributed by atoms with Crippen molar-refractivity contribution in [2.24, 2.45) is 10.9 Å². The maximum atomic E-state index is 5.21. The van der Waals surface area contributed by atoms with Crippen molar-refractivity contribution in [2.45, 2.75) is 25.3 Å². The maximum Gasteiger partial charge on any atom is 0.118 e. The van der Waals surface area contributed by atoms with E-state index in [2.05, 4.69) is 71.8 Å². The molecule has 0 saturated heterocycles. The number of methoxy groups -OCH3 is 1. The van der Waals surface area contributed by atoms with Crippen LogP contribution in [0.4, 0.5) is 11.4 Å². The van der Waals surface area contributed by atoms with Gasteiger partial charge in [-0.2, -0.15) is 0 Å². The molecule has 3 nitrogen and oxygen atoms in total. The topological polar surface area (TPSA) is 33.6 Å². The zero-order valence-corrected chi connectivity index (χ0v) is 17.4. The van der Waals surface area contributed by atoms with Crippen LogP contribution in [0, 0.1) is 12.8 Å². The molecule has 1 aliphatic carbocycles. The molecule has 3 aromatic carbocycles. The lowest BCUT2D eigenvalue weighted by Crippen LogP contribution is -2.29.